The number of thiol groups is 1. The van der Waals surface area contributed by atoms with Crippen LogP contribution in [-0.2, 0) is 11.3 Å². The molecular weight excluding hydrogens is 202 g/mol. The molecule has 1 aromatic carbocycles. The van der Waals surface area contributed by atoms with Gasteiger partial charge in [0.15, 0.2) is 0 Å². The lowest BCUT2D eigenvalue weighted by Crippen LogP contribution is -2.26. The SMILES string of the molecule is O=C(S)NC(=O)OCc1ccccc1. The molecule has 4 nitrogen and oxygen atoms in total. The van der Waals surface area contributed by atoms with Crippen LogP contribution in [0.1, 0.15) is 5.56 Å². The third-order valence-electron chi connectivity index (χ3n) is 1.42. The Balaban J connectivity index is 2.34. The molecule has 74 valence electrons. The van der Waals surface area contributed by atoms with Gasteiger partial charge in [0.05, 0.1) is 0 Å². The van der Waals surface area contributed by atoms with E-state index in [1.165, 1.54) is 0 Å². The highest BCUT2D eigenvalue weighted by Gasteiger charge is 2.04. The van der Waals surface area contributed by atoms with Crippen molar-refractivity contribution in [1.29, 1.82) is 0 Å². The molecule has 0 atom stereocenters. The third-order valence-corrected chi connectivity index (χ3v) is 1.53. The molecule has 0 radical (unpaired) electrons. The second-order valence-corrected chi connectivity index (χ2v) is 2.90. The second kappa shape index (κ2) is 5.29. The molecule has 0 saturated heterocycles. The fourth-order valence-electron chi connectivity index (χ4n) is 0.847. The molecule has 2 amide bonds. The van der Waals surface area contributed by atoms with Crippen molar-refractivity contribution in [1.82, 2.24) is 5.32 Å². The first-order valence-electron chi connectivity index (χ1n) is 3.89. The van der Waals surface area contributed by atoms with Gasteiger partial charge in [0.1, 0.15) is 6.61 Å². The molecule has 1 aromatic rings. The molecule has 0 aliphatic heterocycles. The van der Waals surface area contributed by atoms with Gasteiger partial charge >= 0.3 is 6.09 Å². The summed E-state index contributed by atoms with van der Waals surface area (Å²) in [6.07, 6.45) is -0.797. The number of alkyl carbamates (subject to hydrolysis) is 1. The van der Waals surface area contributed by atoms with E-state index in [1.807, 2.05) is 35.6 Å². The summed E-state index contributed by atoms with van der Waals surface area (Å²) in [7, 11) is 0. The smallest absolute Gasteiger partial charge is 0.414 e. The van der Waals surface area contributed by atoms with Crippen LogP contribution in [0.2, 0.25) is 0 Å². The van der Waals surface area contributed by atoms with E-state index in [1.54, 1.807) is 0 Å². The molecule has 14 heavy (non-hydrogen) atoms. The van der Waals surface area contributed by atoms with Crippen molar-refractivity contribution in [2.45, 2.75) is 6.61 Å². The fourth-order valence-corrected chi connectivity index (χ4v) is 0.938. The number of carbonyl (C=O) groups is 2. The Morgan fingerprint density at radius 2 is 1.93 bits per heavy atom. The molecule has 0 bridgehead atoms. The molecule has 0 aliphatic rings. The standard InChI is InChI=1S/C9H9NO3S/c11-8(10-9(12)14)13-6-7-4-2-1-3-5-7/h1-5H,6H2,(H2,10,11,12,14). The van der Waals surface area contributed by atoms with E-state index < -0.39 is 11.3 Å². The van der Waals surface area contributed by atoms with Crippen LogP contribution in [0.5, 0.6) is 0 Å². The van der Waals surface area contributed by atoms with Gasteiger partial charge in [-0.3, -0.25) is 10.1 Å². The van der Waals surface area contributed by atoms with E-state index in [0.717, 1.165) is 5.56 Å². The highest BCUT2D eigenvalue weighted by atomic mass is 32.1. The Morgan fingerprint density at radius 3 is 2.50 bits per heavy atom. The average molecular weight is 211 g/mol. The summed E-state index contributed by atoms with van der Waals surface area (Å²) in [6.45, 7) is 0.133. The lowest BCUT2D eigenvalue weighted by molar-refractivity contribution is 0.142. The van der Waals surface area contributed by atoms with Crippen LogP contribution in [-0.4, -0.2) is 11.3 Å². The minimum Gasteiger partial charge on any atom is -0.444 e. The summed E-state index contributed by atoms with van der Waals surface area (Å²) in [4.78, 5) is 21.1. The molecule has 5 heteroatoms. The summed E-state index contributed by atoms with van der Waals surface area (Å²) in [5.74, 6) is 0. The molecule has 0 spiro atoms. The van der Waals surface area contributed by atoms with E-state index in [0.29, 0.717) is 0 Å². The van der Waals surface area contributed by atoms with Crippen molar-refractivity contribution in [2.75, 3.05) is 0 Å². The summed E-state index contributed by atoms with van der Waals surface area (Å²) < 4.78 is 4.72. The van der Waals surface area contributed by atoms with E-state index >= 15 is 0 Å². The average Bonchev–Trinajstić information content (AvgIpc) is 2.15. The highest BCUT2D eigenvalue weighted by molar-refractivity contribution is 7.96. The van der Waals surface area contributed by atoms with Crippen LogP contribution in [0.15, 0.2) is 30.3 Å². The topological polar surface area (TPSA) is 55.4 Å². The Morgan fingerprint density at radius 1 is 1.29 bits per heavy atom. The first-order valence-corrected chi connectivity index (χ1v) is 4.34. The van der Waals surface area contributed by atoms with E-state index in [2.05, 4.69) is 12.6 Å². The van der Waals surface area contributed by atoms with Gasteiger partial charge in [-0.2, -0.15) is 0 Å². The molecule has 1 rings (SSSR count). The zero-order chi connectivity index (χ0) is 10.4. The third kappa shape index (κ3) is 3.95. The predicted octanol–water partition coefficient (Wildman–Crippen LogP) is 1.96. The molecule has 0 fully saturated rings. The zero-order valence-corrected chi connectivity index (χ0v) is 8.16. The van der Waals surface area contributed by atoms with Gasteiger partial charge in [0.25, 0.3) is 5.24 Å². The molecule has 0 unspecified atom stereocenters. The predicted molar refractivity (Wildman–Crippen MR) is 54.1 cm³/mol. The van der Waals surface area contributed by atoms with Gasteiger partial charge in [-0.25, -0.2) is 4.79 Å². The van der Waals surface area contributed by atoms with Crippen molar-refractivity contribution < 1.29 is 14.3 Å². The molecule has 0 heterocycles. The van der Waals surface area contributed by atoms with Gasteiger partial charge in [-0.05, 0) is 5.56 Å². The van der Waals surface area contributed by atoms with Crippen LogP contribution in [0.25, 0.3) is 0 Å². The molecule has 0 aromatic heterocycles. The summed E-state index contributed by atoms with van der Waals surface area (Å²) in [6, 6.07) is 9.16. The molecular formula is C9H9NO3S. The Kier molecular flexibility index (Phi) is 4.00. The van der Waals surface area contributed by atoms with Crippen LogP contribution >= 0.6 is 12.6 Å². The minimum absolute atomic E-state index is 0.133. The van der Waals surface area contributed by atoms with Gasteiger partial charge in [-0.15, -0.1) is 0 Å². The quantitative estimate of drug-likeness (QED) is 0.735. The molecule has 0 saturated carbocycles. The second-order valence-electron chi connectivity index (χ2n) is 2.49. The minimum atomic E-state index is -0.797. The maximum atomic E-state index is 10.8. The zero-order valence-electron chi connectivity index (χ0n) is 7.27. The van der Waals surface area contributed by atoms with Gasteiger partial charge < -0.3 is 4.74 Å². The highest BCUT2D eigenvalue weighted by Crippen LogP contribution is 2.00. The van der Waals surface area contributed by atoms with Gasteiger partial charge in [0, 0.05) is 0 Å². The lowest BCUT2D eigenvalue weighted by Gasteiger charge is -2.03. The van der Waals surface area contributed by atoms with Crippen LogP contribution in [0, 0.1) is 0 Å². The van der Waals surface area contributed by atoms with E-state index in [-0.39, 0.29) is 6.61 Å². The van der Waals surface area contributed by atoms with Crippen molar-refractivity contribution in [3.05, 3.63) is 35.9 Å². The van der Waals surface area contributed by atoms with Gasteiger partial charge in [-0.1, -0.05) is 43.0 Å². The first-order chi connectivity index (χ1) is 6.68. The number of carbonyl (C=O) groups excluding carboxylic acids is 2. The largest absolute Gasteiger partial charge is 0.444 e. The molecule has 0 aliphatic carbocycles. The maximum absolute atomic E-state index is 10.8. The number of imide groups is 1. The number of amides is 2. The van der Waals surface area contributed by atoms with Crippen LogP contribution < -0.4 is 5.32 Å². The summed E-state index contributed by atoms with van der Waals surface area (Å²) in [5, 5.41) is 1.14. The Labute approximate surface area is 86.7 Å². The van der Waals surface area contributed by atoms with E-state index in [4.69, 9.17) is 4.74 Å². The van der Waals surface area contributed by atoms with Gasteiger partial charge in [0.2, 0.25) is 0 Å². The number of benzene rings is 1. The monoisotopic (exact) mass is 211 g/mol. The van der Waals surface area contributed by atoms with Crippen LogP contribution in [0.4, 0.5) is 9.59 Å². The van der Waals surface area contributed by atoms with Crippen LogP contribution in [0.3, 0.4) is 0 Å². The normalized spacial score (nSPS) is 9.21. The molecule has 1 N–H and O–H groups in total. The Hall–Kier alpha value is -1.49. The fraction of sp³-hybridized carbons (Fsp3) is 0.111. The first kappa shape index (κ1) is 10.6. The van der Waals surface area contributed by atoms with Crippen molar-refractivity contribution >= 4 is 24.0 Å². The summed E-state index contributed by atoms with van der Waals surface area (Å²) in [5.41, 5.74) is 0.856. The number of ether oxygens (including phenoxy) is 1. The van der Waals surface area contributed by atoms with E-state index in [9.17, 15) is 9.59 Å². The number of hydrogen-bond donors (Lipinski definition) is 2. The number of rotatable bonds is 2. The summed E-state index contributed by atoms with van der Waals surface area (Å²) >= 11 is 3.37. The van der Waals surface area contributed by atoms with Crippen molar-refractivity contribution in [2.24, 2.45) is 0 Å². The lowest BCUT2D eigenvalue weighted by atomic mass is 10.2. The van der Waals surface area contributed by atoms with Crippen molar-refractivity contribution in [3.8, 4) is 0 Å². The van der Waals surface area contributed by atoms with Crippen molar-refractivity contribution in [3.63, 3.8) is 0 Å². The number of nitrogens with one attached hydrogen (secondary N) is 1. The number of hydrogen-bond acceptors (Lipinski definition) is 3. The maximum Gasteiger partial charge on any atom is 0.414 e. The Bertz CT molecular complexity index is 326.